The van der Waals surface area contributed by atoms with Crippen LogP contribution in [0.25, 0.3) is 0 Å². The maximum Gasteiger partial charge on any atom is 0.321 e. The molecule has 4 rings (SSSR count). The van der Waals surface area contributed by atoms with E-state index in [1.807, 2.05) is 55.5 Å². The van der Waals surface area contributed by atoms with E-state index in [0.717, 1.165) is 29.8 Å². The predicted molar refractivity (Wildman–Crippen MR) is 109 cm³/mol. The van der Waals surface area contributed by atoms with E-state index in [9.17, 15) is 9.59 Å². The average Bonchev–Trinajstić information content (AvgIpc) is 3.22. The van der Waals surface area contributed by atoms with Gasteiger partial charge in [-0.3, -0.25) is 4.79 Å². The van der Waals surface area contributed by atoms with Crippen molar-refractivity contribution in [2.24, 2.45) is 5.92 Å². The van der Waals surface area contributed by atoms with Crippen molar-refractivity contribution >= 4 is 17.6 Å². The Morgan fingerprint density at radius 1 is 1.10 bits per heavy atom. The number of fused-ring (bicyclic) bond motifs is 1. The van der Waals surface area contributed by atoms with Crippen LogP contribution >= 0.6 is 0 Å². The molecule has 0 unspecified atom stereocenters. The fraction of sp³-hybridized carbons (Fsp3) is 0.364. The van der Waals surface area contributed by atoms with Crippen molar-refractivity contribution in [1.29, 1.82) is 0 Å². The van der Waals surface area contributed by atoms with E-state index >= 15 is 0 Å². The summed E-state index contributed by atoms with van der Waals surface area (Å²) < 4.78 is 10.7. The molecule has 7 nitrogen and oxygen atoms in total. The van der Waals surface area contributed by atoms with Crippen LogP contribution in [0.2, 0.25) is 0 Å². The molecule has 7 heteroatoms. The number of carbonyl (C=O) groups excluding carboxylic acids is 2. The number of anilines is 1. The van der Waals surface area contributed by atoms with Gasteiger partial charge in [0.25, 0.3) is 0 Å². The standard InChI is InChI=1S/C22H25N3O4/c1-15(16-9-10-19-20(12-16)29-14-28-19)23-21(26)17-6-5-11-25(13-17)22(27)24-18-7-3-2-4-8-18/h2-4,7-10,12,15,17H,5-6,11,13-14H2,1H3,(H,23,26)(H,24,27)/t15-,17+/m0/s1. The zero-order valence-corrected chi connectivity index (χ0v) is 16.4. The lowest BCUT2D eigenvalue weighted by Gasteiger charge is -2.32. The van der Waals surface area contributed by atoms with Crippen molar-refractivity contribution in [2.75, 3.05) is 25.2 Å². The highest BCUT2D eigenvalue weighted by Gasteiger charge is 2.29. The Labute approximate surface area is 170 Å². The van der Waals surface area contributed by atoms with Gasteiger partial charge in [0.2, 0.25) is 12.7 Å². The molecule has 152 valence electrons. The molecule has 29 heavy (non-hydrogen) atoms. The summed E-state index contributed by atoms with van der Waals surface area (Å²) in [5.74, 6) is 1.17. The molecule has 3 amide bonds. The van der Waals surface area contributed by atoms with Crippen LogP contribution in [-0.4, -0.2) is 36.7 Å². The monoisotopic (exact) mass is 395 g/mol. The first kappa shape index (κ1) is 19.1. The number of hydrogen-bond acceptors (Lipinski definition) is 4. The van der Waals surface area contributed by atoms with Crippen molar-refractivity contribution in [1.82, 2.24) is 10.2 Å². The van der Waals surface area contributed by atoms with Gasteiger partial charge in [-0.1, -0.05) is 24.3 Å². The normalized spacial score (nSPS) is 18.8. The Bertz CT molecular complexity index is 887. The average molecular weight is 395 g/mol. The maximum absolute atomic E-state index is 12.8. The topological polar surface area (TPSA) is 79.9 Å². The first-order valence-electron chi connectivity index (χ1n) is 9.91. The molecule has 2 aromatic carbocycles. The maximum atomic E-state index is 12.8. The number of likely N-dealkylation sites (tertiary alicyclic amines) is 1. The summed E-state index contributed by atoms with van der Waals surface area (Å²) >= 11 is 0. The van der Waals surface area contributed by atoms with Gasteiger partial charge in [0.1, 0.15) is 0 Å². The van der Waals surface area contributed by atoms with Gasteiger partial charge in [0, 0.05) is 18.8 Å². The third-order valence-electron chi connectivity index (χ3n) is 5.36. The fourth-order valence-corrected chi connectivity index (χ4v) is 3.70. The van der Waals surface area contributed by atoms with Gasteiger partial charge in [0.15, 0.2) is 11.5 Å². The van der Waals surface area contributed by atoms with Gasteiger partial charge in [-0.05, 0) is 49.6 Å². The molecule has 0 saturated carbocycles. The summed E-state index contributed by atoms with van der Waals surface area (Å²) in [5.41, 5.74) is 1.71. The van der Waals surface area contributed by atoms with Crippen LogP contribution in [0.1, 0.15) is 31.4 Å². The Hall–Kier alpha value is -3.22. The molecule has 2 N–H and O–H groups in total. The van der Waals surface area contributed by atoms with E-state index in [1.54, 1.807) is 4.90 Å². The second-order valence-corrected chi connectivity index (χ2v) is 7.42. The van der Waals surface area contributed by atoms with Crippen LogP contribution < -0.4 is 20.1 Å². The molecule has 0 aromatic heterocycles. The summed E-state index contributed by atoms with van der Waals surface area (Å²) in [7, 11) is 0. The van der Waals surface area contributed by atoms with Crippen molar-refractivity contribution < 1.29 is 19.1 Å². The Kier molecular flexibility index (Phi) is 5.55. The number of nitrogens with one attached hydrogen (secondary N) is 2. The SMILES string of the molecule is C[C@H](NC(=O)[C@@H]1CCCN(C(=O)Nc2ccccc2)C1)c1ccc2c(c1)OCO2. The zero-order valence-electron chi connectivity index (χ0n) is 16.4. The molecule has 2 aromatic rings. The molecule has 0 bridgehead atoms. The molecule has 2 aliphatic rings. The van der Waals surface area contributed by atoms with Gasteiger partial charge >= 0.3 is 6.03 Å². The molecule has 2 heterocycles. The number of nitrogens with zero attached hydrogens (tertiary/aromatic N) is 1. The van der Waals surface area contributed by atoms with E-state index < -0.39 is 0 Å². The van der Waals surface area contributed by atoms with Crippen LogP contribution in [0, 0.1) is 5.92 Å². The number of urea groups is 1. The Morgan fingerprint density at radius 3 is 2.72 bits per heavy atom. The number of rotatable bonds is 4. The third-order valence-corrected chi connectivity index (χ3v) is 5.36. The number of hydrogen-bond donors (Lipinski definition) is 2. The fourth-order valence-electron chi connectivity index (χ4n) is 3.70. The highest BCUT2D eigenvalue weighted by atomic mass is 16.7. The lowest BCUT2D eigenvalue weighted by atomic mass is 9.96. The second kappa shape index (κ2) is 8.43. The molecular weight excluding hydrogens is 370 g/mol. The van der Waals surface area contributed by atoms with E-state index in [-0.39, 0.29) is 30.7 Å². The largest absolute Gasteiger partial charge is 0.454 e. The van der Waals surface area contributed by atoms with Crippen LogP contribution in [0.4, 0.5) is 10.5 Å². The zero-order chi connectivity index (χ0) is 20.2. The third kappa shape index (κ3) is 4.45. The van der Waals surface area contributed by atoms with Crippen LogP contribution in [0.5, 0.6) is 11.5 Å². The molecule has 0 aliphatic carbocycles. The number of amides is 3. The second-order valence-electron chi connectivity index (χ2n) is 7.42. The van der Waals surface area contributed by atoms with Gasteiger partial charge in [0.05, 0.1) is 12.0 Å². The Balaban J connectivity index is 1.34. The molecule has 0 radical (unpaired) electrons. The van der Waals surface area contributed by atoms with Crippen LogP contribution in [-0.2, 0) is 4.79 Å². The van der Waals surface area contributed by atoms with E-state index in [0.29, 0.717) is 18.8 Å². The summed E-state index contributed by atoms with van der Waals surface area (Å²) in [4.78, 5) is 27.1. The van der Waals surface area contributed by atoms with Crippen LogP contribution in [0.3, 0.4) is 0 Å². The van der Waals surface area contributed by atoms with Crippen molar-refractivity contribution in [3.8, 4) is 11.5 Å². The van der Waals surface area contributed by atoms with Gasteiger partial charge in [-0.15, -0.1) is 0 Å². The van der Waals surface area contributed by atoms with Gasteiger partial charge < -0.3 is 25.0 Å². The Morgan fingerprint density at radius 2 is 1.90 bits per heavy atom. The van der Waals surface area contributed by atoms with E-state index in [1.165, 1.54) is 0 Å². The number of piperidine rings is 1. The minimum atomic E-state index is -0.221. The molecule has 1 fully saturated rings. The highest BCUT2D eigenvalue weighted by Crippen LogP contribution is 2.34. The highest BCUT2D eigenvalue weighted by molar-refractivity contribution is 5.90. The predicted octanol–water partition coefficient (Wildman–Crippen LogP) is 3.54. The molecular formula is C22H25N3O4. The molecule has 1 saturated heterocycles. The van der Waals surface area contributed by atoms with Crippen molar-refractivity contribution in [3.05, 3.63) is 54.1 Å². The number of para-hydroxylation sites is 1. The number of carbonyl (C=O) groups is 2. The van der Waals surface area contributed by atoms with E-state index in [4.69, 9.17) is 9.47 Å². The quantitative estimate of drug-likeness (QED) is 0.830. The van der Waals surface area contributed by atoms with Gasteiger partial charge in [-0.25, -0.2) is 4.79 Å². The minimum absolute atomic E-state index is 0.0348. The number of ether oxygens (including phenoxy) is 2. The smallest absolute Gasteiger partial charge is 0.321 e. The van der Waals surface area contributed by atoms with Gasteiger partial charge in [-0.2, -0.15) is 0 Å². The van der Waals surface area contributed by atoms with Crippen LogP contribution in [0.15, 0.2) is 48.5 Å². The van der Waals surface area contributed by atoms with Crippen molar-refractivity contribution in [3.63, 3.8) is 0 Å². The molecule has 2 aliphatic heterocycles. The summed E-state index contributed by atoms with van der Waals surface area (Å²) in [6, 6.07) is 14.7. The first-order chi connectivity index (χ1) is 14.1. The first-order valence-corrected chi connectivity index (χ1v) is 9.91. The lowest BCUT2D eigenvalue weighted by Crippen LogP contribution is -2.47. The van der Waals surface area contributed by atoms with E-state index in [2.05, 4.69) is 10.6 Å². The molecule has 2 atom stereocenters. The summed E-state index contributed by atoms with van der Waals surface area (Å²) in [5, 5.41) is 5.96. The summed E-state index contributed by atoms with van der Waals surface area (Å²) in [6.45, 7) is 3.24. The lowest BCUT2D eigenvalue weighted by molar-refractivity contribution is -0.126. The van der Waals surface area contributed by atoms with Crippen molar-refractivity contribution in [2.45, 2.75) is 25.8 Å². The minimum Gasteiger partial charge on any atom is -0.454 e. The number of benzene rings is 2. The summed E-state index contributed by atoms with van der Waals surface area (Å²) in [6.07, 6.45) is 1.58. The molecule has 0 spiro atoms.